The van der Waals surface area contributed by atoms with Crippen LogP contribution in [0, 0.1) is 29.6 Å². The van der Waals surface area contributed by atoms with Gasteiger partial charge < -0.3 is 19.9 Å². The third-order valence-electron chi connectivity index (χ3n) is 9.92. The largest absolute Gasteiger partial charge is 0.448 e. The minimum Gasteiger partial charge on any atom is -0.448 e. The van der Waals surface area contributed by atoms with Crippen LogP contribution in [0.25, 0.3) is 0 Å². The highest BCUT2D eigenvalue weighted by atomic mass is 16.3. The number of carbonyl (C=O) groups is 3. The first-order chi connectivity index (χ1) is 23.9. The summed E-state index contributed by atoms with van der Waals surface area (Å²) in [5.74, 6) is 3.15. The highest BCUT2D eigenvalue weighted by Crippen LogP contribution is 2.35. The zero-order valence-corrected chi connectivity index (χ0v) is 32.7. The molecule has 0 radical (unpaired) electrons. The Balaban J connectivity index is 0.000000267. The Bertz CT molecular complexity index is 1640. The van der Waals surface area contributed by atoms with E-state index in [4.69, 9.17) is 14.6 Å². The van der Waals surface area contributed by atoms with Crippen LogP contribution in [-0.2, 0) is 10.2 Å². The van der Waals surface area contributed by atoms with Crippen LogP contribution >= 0.6 is 0 Å². The quantitative estimate of drug-likeness (QED) is 0.132. The molecule has 3 N–H and O–H groups in total. The molecule has 0 aliphatic carbocycles. The third-order valence-corrected chi connectivity index (χ3v) is 9.92. The molecule has 4 aromatic rings. The number of primary amides is 1. The maximum atomic E-state index is 12.4. The van der Waals surface area contributed by atoms with Gasteiger partial charge in [-0.1, -0.05) is 125 Å². The molecule has 51 heavy (non-hydrogen) atoms. The van der Waals surface area contributed by atoms with E-state index in [1.807, 2.05) is 60.7 Å². The number of amides is 2. The number of ketones is 1. The van der Waals surface area contributed by atoms with E-state index in [9.17, 15) is 14.4 Å². The molecule has 2 aromatic carbocycles. The van der Waals surface area contributed by atoms with E-state index < -0.39 is 5.91 Å². The first-order valence-electron chi connectivity index (χ1n) is 18.0. The van der Waals surface area contributed by atoms with E-state index in [-0.39, 0.29) is 34.6 Å². The highest BCUT2D eigenvalue weighted by Gasteiger charge is 2.35. The number of Topliss-reactive ketones (excluding diaryl/α,β-unsaturated/α-hetero) is 1. The van der Waals surface area contributed by atoms with Crippen LogP contribution in [0.3, 0.4) is 0 Å². The summed E-state index contributed by atoms with van der Waals surface area (Å²) < 4.78 is 10.8. The van der Waals surface area contributed by atoms with Crippen molar-refractivity contribution < 1.29 is 23.2 Å². The van der Waals surface area contributed by atoms with Crippen molar-refractivity contribution in [2.45, 2.75) is 107 Å². The molecular formula is C42H60N4O5. The molecule has 0 aliphatic heterocycles. The summed E-state index contributed by atoms with van der Waals surface area (Å²) in [5.41, 5.74) is 7.47. The maximum absolute atomic E-state index is 12.4. The Morgan fingerprint density at radius 1 is 0.765 bits per heavy atom. The van der Waals surface area contributed by atoms with E-state index in [1.54, 1.807) is 0 Å². The molecule has 4 atom stereocenters. The smallest absolute Gasteiger partial charge is 0.270 e. The fourth-order valence-corrected chi connectivity index (χ4v) is 5.81. The lowest BCUT2D eigenvalue weighted by molar-refractivity contribution is -0.118. The topological polar surface area (TPSA) is 141 Å². The molecule has 4 unspecified atom stereocenters. The van der Waals surface area contributed by atoms with E-state index >= 15 is 0 Å². The standard InChI is InChI=1S/C17H19NO.C13H21NO2.C12H20N2O2/c1-13(2)16(14-9-5-3-6-10-14)17(19)18-15-11-7-4-8-12-15;1-6-11(9(4)8(2)3)13-14-12(7-16-13)10(5)15;1-7(2)8(3)12(4,5)11-14-9(6-16-11)10(13)15/h3-13,16H,1-2H3,(H,18,19);7-9,11H,6H2,1-5H3;6-8H,1-5H3,(H2,13,15). The number of rotatable bonds is 13. The van der Waals surface area contributed by atoms with Gasteiger partial charge in [0.2, 0.25) is 11.8 Å². The predicted octanol–water partition coefficient (Wildman–Crippen LogP) is 10.1. The van der Waals surface area contributed by atoms with Gasteiger partial charge >= 0.3 is 0 Å². The average molecular weight is 701 g/mol. The van der Waals surface area contributed by atoms with Gasteiger partial charge in [0, 0.05) is 23.9 Å². The van der Waals surface area contributed by atoms with Crippen molar-refractivity contribution >= 4 is 23.3 Å². The summed E-state index contributed by atoms with van der Waals surface area (Å²) in [4.78, 5) is 43.0. The highest BCUT2D eigenvalue weighted by molar-refractivity contribution is 5.96. The number of nitrogens with two attached hydrogens (primary N) is 1. The molecular weight excluding hydrogens is 640 g/mol. The average Bonchev–Trinajstić information content (AvgIpc) is 3.78. The van der Waals surface area contributed by atoms with Crippen LogP contribution < -0.4 is 11.1 Å². The molecule has 0 fully saturated rings. The van der Waals surface area contributed by atoms with Gasteiger partial charge in [-0.05, 0) is 53.7 Å². The van der Waals surface area contributed by atoms with E-state index in [0.717, 1.165) is 17.7 Å². The molecule has 2 aromatic heterocycles. The number of hydrogen-bond donors (Lipinski definition) is 2. The molecule has 0 saturated carbocycles. The molecule has 2 heterocycles. The van der Waals surface area contributed by atoms with Crippen molar-refractivity contribution in [3.8, 4) is 0 Å². The fourth-order valence-electron chi connectivity index (χ4n) is 5.81. The second-order valence-electron chi connectivity index (χ2n) is 14.9. The first-order valence-corrected chi connectivity index (χ1v) is 18.0. The van der Waals surface area contributed by atoms with Gasteiger partial charge in [0.1, 0.15) is 18.2 Å². The van der Waals surface area contributed by atoms with Crippen molar-refractivity contribution in [2.75, 3.05) is 5.32 Å². The Morgan fingerprint density at radius 3 is 1.75 bits per heavy atom. The lowest BCUT2D eigenvalue weighted by Gasteiger charge is -2.31. The Kier molecular flexibility index (Phi) is 16.5. The van der Waals surface area contributed by atoms with Gasteiger partial charge in [-0.15, -0.1) is 0 Å². The van der Waals surface area contributed by atoms with Crippen LogP contribution in [0.2, 0.25) is 0 Å². The SMILES string of the molecule is CC(C)C(C(=O)Nc1ccccc1)c1ccccc1.CC(C)C(C)C(C)(C)c1nc(C(N)=O)co1.CCC(c1nc(C(C)=O)co1)C(C)C(C)C. The van der Waals surface area contributed by atoms with Crippen LogP contribution in [0.15, 0.2) is 82.0 Å². The van der Waals surface area contributed by atoms with E-state index in [0.29, 0.717) is 47.1 Å². The predicted molar refractivity (Wildman–Crippen MR) is 205 cm³/mol. The number of oxazole rings is 2. The molecule has 9 heteroatoms. The second-order valence-corrected chi connectivity index (χ2v) is 14.9. The molecule has 9 nitrogen and oxygen atoms in total. The molecule has 2 amide bonds. The van der Waals surface area contributed by atoms with Crippen LogP contribution in [0.4, 0.5) is 5.69 Å². The fraction of sp³-hybridized carbons (Fsp3) is 0.500. The van der Waals surface area contributed by atoms with Crippen molar-refractivity contribution in [1.29, 1.82) is 0 Å². The maximum Gasteiger partial charge on any atom is 0.270 e. The zero-order chi connectivity index (χ0) is 38.5. The lowest BCUT2D eigenvalue weighted by atomic mass is 9.74. The number of benzene rings is 2. The Hall–Kier alpha value is -4.53. The van der Waals surface area contributed by atoms with Crippen LogP contribution in [-0.4, -0.2) is 27.6 Å². The van der Waals surface area contributed by atoms with Gasteiger partial charge in [0.05, 0.1) is 5.92 Å². The van der Waals surface area contributed by atoms with Gasteiger partial charge in [-0.25, -0.2) is 9.97 Å². The van der Waals surface area contributed by atoms with Gasteiger partial charge in [0.15, 0.2) is 17.4 Å². The van der Waals surface area contributed by atoms with Crippen LogP contribution in [0.1, 0.15) is 140 Å². The molecule has 0 spiro atoms. The Morgan fingerprint density at radius 2 is 1.31 bits per heavy atom. The van der Waals surface area contributed by atoms with E-state index in [1.165, 1.54) is 19.5 Å². The first kappa shape index (κ1) is 42.6. The van der Waals surface area contributed by atoms with Crippen molar-refractivity contribution in [3.63, 3.8) is 0 Å². The lowest BCUT2D eigenvalue weighted by Crippen LogP contribution is -2.30. The summed E-state index contributed by atoms with van der Waals surface area (Å²) in [6.45, 7) is 25.0. The number of nitrogens with one attached hydrogen (secondary N) is 1. The number of nitrogens with zero attached hydrogens (tertiary/aromatic N) is 2. The van der Waals surface area contributed by atoms with Crippen molar-refractivity contribution in [2.24, 2.45) is 35.3 Å². The summed E-state index contributed by atoms with van der Waals surface area (Å²) >= 11 is 0. The summed E-state index contributed by atoms with van der Waals surface area (Å²) in [5, 5.41) is 2.98. The molecule has 4 rings (SSSR count). The van der Waals surface area contributed by atoms with Gasteiger partial charge in [-0.2, -0.15) is 0 Å². The molecule has 278 valence electrons. The van der Waals surface area contributed by atoms with Crippen molar-refractivity contribution in [1.82, 2.24) is 9.97 Å². The number of carbonyl (C=O) groups excluding carboxylic acids is 3. The van der Waals surface area contributed by atoms with E-state index in [2.05, 4.69) is 91.4 Å². The van der Waals surface area contributed by atoms with Gasteiger partial charge in [-0.3, -0.25) is 14.4 Å². The van der Waals surface area contributed by atoms with Crippen LogP contribution in [0.5, 0.6) is 0 Å². The number of aromatic nitrogens is 2. The normalized spacial score (nSPS) is 13.7. The summed E-state index contributed by atoms with van der Waals surface area (Å²) in [6, 6.07) is 19.5. The minimum atomic E-state index is -0.553. The second kappa shape index (κ2) is 19.8. The summed E-state index contributed by atoms with van der Waals surface area (Å²) in [7, 11) is 0. The van der Waals surface area contributed by atoms with Gasteiger partial charge in [0.25, 0.3) is 5.91 Å². The molecule has 0 aliphatic rings. The minimum absolute atomic E-state index is 0.0398. The summed E-state index contributed by atoms with van der Waals surface area (Å²) in [6.07, 6.45) is 3.77. The van der Waals surface area contributed by atoms with Crippen molar-refractivity contribution in [3.05, 3.63) is 102 Å². The number of hydrogen-bond acceptors (Lipinski definition) is 7. The molecule has 0 saturated heterocycles. The monoisotopic (exact) mass is 700 g/mol. The zero-order valence-electron chi connectivity index (χ0n) is 32.7. The number of para-hydroxylation sites is 1. The third kappa shape index (κ3) is 12.3. The Labute approximate surface area is 305 Å². The molecule has 0 bridgehead atoms. The number of anilines is 1.